The fraction of sp³-hybridized carbons (Fsp3) is 0.583. The summed E-state index contributed by atoms with van der Waals surface area (Å²) >= 11 is 5.96. The van der Waals surface area contributed by atoms with Crippen LogP contribution in [0.1, 0.15) is 24.9 Å². The molecule has 0 bridgehead atoms. The molecule has 0 aliphatic carbocycles. The van der Waals surface area contributed by atoms with Crippen LogP contribution in [0.3, 0.4) is 0 Å². The monoisotopic (exact) mass is 273 g/mol. The van der Waals surface area contributed by atoms with Crippen molar-refractivity contribution in [3.8, 4) is 0 Å². The largest absolute Gasteiger partial charge is 0.383 e. The molecule has 0 fully saturated rings. The Morgan fingerprint density at radius 3 is 2.67 bits per heavy atom. The van der Waals surface area contributed by atoms with E-state index in [0.29, 0.717) is 10.8 Å². The van der Waals surface area contributed by atoms with E-state index in [-0.39, 0.29) is 6.04 Å². The van der Waals surface area contributed by atoms with Crippen molar-refractivity contribution < 1.29 is 9.47 Å². The van der Waals surface area contributed by atoms with Gasteiger partial charge in [0.2, 0.25) is 0 Å². The summed E-state index contributed by atoms with van der Waals surface area (Å²) in [6.45, 7) is 2.90. The average Bonchev–Trinajstić information content (AvgIpc) is 2.38. The van der Waals surface area contributed by atoms with Crippen LogP contribution in [0.4, 0.5) is 5.82 Å². The number of pyridine rings is 1. The maximum atomic E-state index is 5.96. The van der Waals surface area contributed by atoms with Gasteiger partial charge in [0.1, 0.15) is 5.82 Å². The van der Waals surface area contributed by atoms with Gasteiger partial charge < -0.3 is 20.5 Å². The third-order valence-corrected chi connectivity index (χ3v) is 2.81. The zero-order chi connectivity index (χ0) is 13.5. The summed E-state index contributed by atoms with van der Waals surface area (Å²) in [5.41, 5.74) is 6.67. The van der Waals surface area contributed by atoms with E-state index in [0.717, 1.165) is 18.5 Å². The molecule has 0 aliphatic rings. The number of ether oxygens (including phenoxy) is 2. The second-order valence-corrected chi connectivity index (χ2v) is 4.34. The molecule has 102 valence electrons. The Morgan fingerprint density at radius 2 is 2.11 bits per heavy atom. The molecule has 0 aliphatic heterocycles. The van der Waals surface area contributed by atoms with E-state index in [1.807, 2.05) is 0 Å². The molecule has 18 heavy (non-hydrogen) atoms. The fourth-order valence-electron chi connectivity index (χ4n) is 1.74. The summed E-state index contributed by atoms with van der Waals surface area (Å²) in [4.78, 5) is 4.05. The van der Waals surface area contributed by atoms with Gasteiger partial charge >= 0.3 is 0 Å². The molecule has 1 rings (SSSR count). The summed E-state index contributed by atoms with van der Waals surface area (Å²) in [6, 6.07) is 1.58. The molecular weight excluding hydrogens is 254 g/mol. The lowest BCUT2D eigenvalue weighted by Gasteiger charge is -2.26. The number of nitrogen functional groups attached to an aromatic ring is 1. The number of anilines is 1. The fourth-order valence-corrected chi connectivity index (χ4v) is 1.90. The zero-order valence-electron chi connectivity index (χ0n) is 10.9. The van der Waals surface area contributed by atoms with E-state index in [4.69, 9.17) is 26.8 Å². The highest BCUT2D eigenvalue weighted by Gasteiger charge is 2.25. The maximum absolute atomic E-state index is 5.96. The van der Waals surface area contributed by atoms with Crippen LogP contribution in [0, 0.1) is 0 Å². The van der Waals surface area contributed by atoms with Crippen LogP contribution < -0.4 is 11.1 Å². The third kappa shape index (κ3) is 3.81. The van der Waals surface area contributed by atoms with Crippen molar-refractivity contribution in [1.29, 1.82) is 0 Å². The van der Waals surface area contributed by atoms with E-state index < -0.39 is 6.29 Å². The third-order valence-electron chi connectivity index (χ3n) is 2.60. The minimum Gasteiger partial charge on any atom is -0.383 e. The molecular formula is C12H20ClN3O2. The standard InChI is InChI=1S/C12H20ClN3O2/c1-4-5-15-10(12(17-2)18-3)9-6-8(13)7-16-11(9)14/h6-7,10,12,15H,4-5H2,1-3H3,(H2,14,16). The van der Waals surface area contributed by atoms with Gasteiger partial charge in [-0.15, -0.1) is 0 Å². The first kappa shape index (κ1) is 15.2. The smallest absolute Gasteiger partial charge is 0.176 e. The van der Waals surface area contributed by atoms with Gasteiger partial charge in [0.25, 0.3) is 0 Å². The van der Waals surface area contributed by atoms with E-state index in [2.05, 4.69) is 17.2 Å². The lowest BCUT2D eigenvalue weighted by molar-refractivity contribution is -0.124. The topological polar surface area (TPSA) is 69.4 Å². The van der Waals surface area contributed by atoms with Crippen LogP contribution >= 0.6 is 11.6 Å². The minimum absolute atomic E-state index is 0.203. The van der Waals surface area contributed by atoms with Crippen LogP contribution in [0.25, 0.3) is 0 Å². The number of nitrogens with two attached hydrogens (primary N) is 1. The highest BCUT2D eigenvalue weighted by molar-refractivity contribution is 6.30. The van der Waals surface area contributed by atoms with E-state index >= 15 is 0 Å². The van der Waals surface area contributed by atoms with Crippen molar-refractivity contribution in [3.05, 3.63) is 22.8 Å². The van der Waals surface area contributed by atoms with E-state index in [1.165, 1.54) is 6.20 Å². The molecule has 3 N–H and O–H groups in total. The molecule has 1 aromatic rings. The number of methoxy groups -OCH3 is 2. The first-order valence-electron chi connectivity index (χ1n) is 5.83. The van der Waals surface area contributed by atoms with Crippen LogP contribution in [-0.4, -0.2) is 32.0 Å². The molecule has 1 unspecified atom stereocenters. The second-order valence-electron chi connectivity index (χ2n) is 3.90. The molecule has 0 saturated carbocycles. The number of aromatic nitrogens is 1. The van der Waals surface area contributed by atoms with Crippen LogP contribution in [0.5, 0.6) is 0 Å². The van der Waals surface area contributed by atoms with Crippen LogP contribution in [0.2, 0.25) is 5.02 Å². The van der Waals surface area contributed by atoms with Gasteiger partial charge in [-0.25, -0.2) is 4.98 Å². The highest BCUT2D eigenvalue weighted by atomic mass is 35.5. The van der Waals surface area contributed by atoms with Crippen molar-refractivity contribution >= 4 is 17.4 Å². The summed E-state index contributed by atoms with van der Waals surface area (Å²) in [5.74, 6) is 0.423. The van der Waals surface area contributed by atoms with Crippen LogP contribution in [0.15, 0.2) is 12.3 Å². The molecule has 0 radical (unpaired) electrons. The van der Waals surface area contributed by atoms with E-state index in [1.54, 1.807) is 20.3 Å². The van der Waals surface area contributed by atoms with Crippen molar-refractivity contribution in [3.63, 3.8) is 0 Å². The Balaban J connectivity index is 3.03. The van der Waals surface area contributed by atoms with Crippen LogP contribution in [-0.2, 0) is 9.47 Å². The molecule has 0 spiro atoms. The molecule has 0 aromatic carbocycles. The minimum atomic E-state index is -0.445. The Bertz CT molecular complexity index is 372. The first-order chi connectivity index (χ1) is 8.63. The number of hydrogen-bond acceptors (Lipinski definition) is 5. The van der Waals surface area contributed by atoms with E-state index in [9.17, 15) is 0 Å². The predicted molar refractivity (Wildman–Crippen MR) is 72.5 cm³/mol. The van der Waals surface area contributed by atoms with Gasteiger partial charge in [0.05, 0.1) is 11.1 Å². The maximum Gasteiger partial charge on any atom is 0.176 e. The second kappa shape index (κ2) is 7.53. The number of rotatable bonds is 7. The Hall–Kier alpha value is -0.880. The number of nitrogens with one attached hydrogen (secondary N) is 1. The average molecular weight is 274 g/mol. The number of hydrogen-bond donors (Lipinski definition) is 2. The van der Waals surface area contributed by atoms with Gasteiger partial charge in [-0.1, -0.05) is 18.5 Å². The number of nitrogens with zero attached hydrogens (tertiary/aromatic N) is 1. The summed E-state index contributed by atoms with van der Waals surface area (Å²) in [6.07, 6.45) is 2.07. The molecule has 0 saturated heterocycles. The normalized spacial score (nSPS) is 12.9. The lowest BCUT2D eigenvalue weighted by atomic mass is 10.1. The van der Waals surface area contributed by atoms with Crippen molar-refractivity contribution in [2.24, 2.45) is 0 Å². The zero-order valence-corrected chi connectivity index (χ0v) is 11.7. The molecule has 1 heterocycles. The highest BCUT2D eigenvalue weighted by Crippen LogP contribution is 2.26. The van der Waals surface area contributed by atoms with Crippen molar-refractivity contribution in [2.75, 3.05) is 26.5 Å². The Kier molecular flexibility index (Phi) is 6.35. The van der Waals surface area contributed by atoms with Gasteiger partial charge in [-0.2, -0.15) is 0 Å². The Morgan fingerprint density at radius 1 is 1.44 bits per heavy atom. The lowest BCUT2D eigenvalue weighted by Crippen LogP contribution is -2.35. The summed E-state index contributed by atoms with van der Waals surface area (Å²) in [7, 11) is 3.17. The van der Waals surface area contributed by atoms with Gasteiger partial charge in [-0.3, -0.25) is 0 Å². The summed E-state index contributed by atoms with van der Waals surface area (Å²) < 4.78 is 10.6. The summed E-state index contributed by atoms with van der Waals surface area (Å²) in [5, 5.41) is 3.86. The quantitative estimate of drug-likeness (QED) is 0.744. The number of halogens is 1. The van der Waals surface area contributed by atoms with Gasteiger partial charge in [0.15, 0.2) is 6.29 Å². The molecule has 6 heteroatoms. The van der Waals surface area contributed by atoms with Crippen molar-refractivity contribution in [1.82, 2.24) is 10.3 Å². The SMILES string of the molecule is CCCNC(c1cc(Cl)cnc1N)C(OC)OC. The molecule has 5 nitrogen and oxygen atoms in total. The molecule has 1 aromatic heterocycles. The predicted octanol–water partition coefficient (Wildman–Crippen LogP) is 1.98. The van der Waals surface area contributed by atoms with Gasteiger partial charge in [-0.05, 0) is 19.0 Å². The molecule has 0 amide bonds. The van der Waals surface area contributed by atoms with Crippen molar-refractivity contribution in [2.45, 2.75) is 25.7 Å². The Labute approximate surface area is 113 Å². The first-order valence-corrected chi connectivity index (χ1v) is 6.21. The van der Waals surface area contributed by atoms with Gasteiger partial charge in [0, 0.05) is 26.0 Å². The molecule has 1 atom stereocenters.